The summed E-state index contributed by atoms with van der Waals surface area (Å²) in [6.07, 6.45) is 0. The van der Waals surface area contributed by atoms with Crippen molar-refractivity contribution in [1.29, 1.82) is 0 Å². The second-order valence-corrected chi connectivity index (χ2v) is 5.76. The van der Waals surface area contributed by atoms with Gasteiger partial charge in [-0.15, -0.1) is 0 Å². The summed E-state index contributed by atoms with van der Waals surface area (Å²) in [6.45, 7) is 2.50. The SMILES string of the molecule is CCOCc1c(C(=O)NNC(=O)c2ccc([N+](=O)[O-])cc2)oc2ccccc12. The van der Waals surface area contributed by atoms with Crippen LogP contribution in [0.5, 0.6) is 0 Å². The number of para-hydroxylation sites is 1. The van der Waals surface area contributed by atoms with Crippen LogP contribution in [-0.2, 0) is 11.3 Å². The number of hydrogen-bond donors (Lipinski definition) is 2. The van der Waals surface area contributed by atoms with Crippen LogP contribution in [0.3, 0.4) is 0 Å². The van der Waals surface area contributed by atoms with Gasteiger partial charge in [0.25, 0.3) is 11.6 Å². The number of benzene rings is 2. The summed E-state index contributed by atoms with van der Waals surface area (Å²) in [6, 6.07) is 12.2. The molecule has 144 valence electrons. The van der Waals surface area contributed by atoms with Crippen molar-refractivity contribution in [1.82, 2.24) is 10.9 Å². The highest BCUT2D eigenvalue weighted by atomic mass is 16.6. The van der Waals surface area contributed by atoms with Crippen molar-refractivity contribution in [2.45, 2.75) is 13.5 Å². The lowest BCUT2D eigenvalue weighted by molar-refractivity contribution is -0.384. The lowest BCUT2D eigenvalue weighted by Gasteiger charge is -2.07. The van der Waals surface area contributed by atoms with Gasteiger partial charge >= 0.3 is 5.91 Å². The summed E-state index contributed by atoms with van der Waals surface area (Å²) in [5, 5.41) is 11.4. The van der Waals surface area contributed by atoms with Gasteiger partial charge in [0, 0.05) is 35.3 Å². The second kappa shape index (κ2) is 8.31. The Balaban J connectivity index is 1.74. The fraction of sp³-hybridized carbons (Fsp3) is 0.158. The lowest BCUT2D eigenvalue weighted by atomic mass is 10.1. The van der Waals surface area contributed by atoms with Gasteiger partial charge in [-0.25, -0.2) is 0 Å². The van der Waals surface area contributed by atoms with Gasteiger partial charge in [0.05, 0.1) is 11.5 Å². The molecule has 0 unspecified atom stereocenters. The number of hydrogen-bond acceptors (Lipinski definition) is 6. The number of non-ortho nitro benzene ring substituents is 1. The van der Waals surface area contributed by atoms with Crippen molar-refractivity contribution in [2.24, 2.45) is 0 Å². The number of ether oxygens (including phenoxy) is 1. The maximum absolute atomic E-state index is 12.5. The minimum Gasteiger partial charge on any atom is -0.450 e. The highest BCUT2D eigenvalue weighted by molar-refractivity contribution is 6.01. The minimum atomic E-state index is -0.638. The Morgan fingerprint density at radius 1 is 1.07 bits per heavy atom. The summed E-state index contributed by atoms with van der Waals surface area (Å²) in [5.74, 6) is -1.22. The van der Waals surface area contributed by atoms with Crippen LogP contribution >= 0.6 is 0 Å². The molecule has 9 heteroatoms. The highest BCUT2D eigenvalue weighted by Gasteiger charge is 2.21. The molecule has 0 aliphatic heterocycles. The first kappa shape index (κ1) is 19.1. The normalized spacial score (nSPS) is 10.6. The summed E-state index contributed by atoms with van der Waals surface area (Å²) >= 11 is 0. The molecule has 0 fully saturated rings. The molecule has 2 N–H and O–H groups in total. The van der Waals surface area contributed by atoms with Gasteiger partial charge in [0.2, 0.25) is 0 Å². The van der Waals surface area contributed by atoms with E-state index in [1.54, 1.807) is 12.1 Å². The number of nitrogens with zero attached hydrogens (tertiary/aromatic N) is 1. The number of nitro benzene ring substituents is 1. The van der Waals surface area contributed by atoms with Gasteiger partial charge in [-0.1, -0.05) is 18.2 Å². The van der Waals surface area contributed by atoms with E-state index in [9.17, 15) is 19.7 Å². The van der Waals surface area contributed by atoms with Crippen LogP contribution in [-0.4, -0.2) is 23.3 Å². The van der Waals surface area contributed by atoms with Crippen LogP contribution < -0.4 is 10.9 Å². The second-order valence-electron chi connectivity index (χ2n) is 5.76. The molecule has 1 aromatic heterocycles. The topological polar surface area (TPSA) is 124 Å². The van der Waals surface area contributed by atoms with E-state index in [2.05, 4.69) is 10.9 Å². The van der Waals surface area contributed by atoms with Gasteiger partial charge in [-0.2, -0.15) is 0 Å². The standard InChI is InChI=1S/C19H17N3O6/c1-2-27-11-15-14-5-3-4-6-16(14)28-17(15)19(24)21-20-18(23)12-7-9-13(10-8-12)22(25)26/h3-10H,2,11H2,1H3,(H,20,23)(H,21,24). The predicted molar refractivity (Wildman–Crippen MR) is 99.6 cm³/mol. The number of hydrazine groups is 1. The molecule has 9 nitrogen and oxygen atoms in total. The molecule has 3 rings (SSSR count). The fourth-order valence-corrected chi connectivity index (χ4v) is 2.61. The molecule has 2 aromatic carbocycles. The van der Waals surface area contributed by atoms with Gasteiger partial charge in [0.1, 0.15) is 5.58 Å². The number of fused-ring (bicyclic) bond motifs is 1. The quantitative estimate of drug-likeness (QED) is 0.498. The smallest absolute Gasteiger partial charge is 0.305 e. The molecule has 3 aromatic rings. The van der Waals surface area contributed by atoms with Crippen molar-refractivity contribution < 1.29 is 23.7 Å². The highest BCUT2D eigenvalue weighted by Crippen LogP contribution is 2.26. The maximum atomic E-state index is 12.5. The molecule has 0 radical (unpaired) electrons. The van der Waals surface area contributed by atoms with Crippen molar-refractivity contribution in [3.8, 4) is 0 Å². The Bertz CT molecular complexity index is 1030. The van der Waals surface area contributed by atoms with Crippen molar-refractivity contribution >= 4 is 28.5 Å². The Labute approximate surface area is 159 Å². The third-order valence-electron chi connectivity index (χ3n) is 3.98. The number of furan rings is 1. The molecule has 0 saturated heterocycles. The number of carbonyl (C=O) groups is 2. The van der Waals surface area contributed by atoms with Gasteiger partial charge in [-0.05, 0) is 25.1 Å². The van der Waals surface area contributed by atoms with Crippen LogP contribution in [0.15, 0.2) is 52.9 Å². The van der Waals surface area contributed by atoms with E-state index in [-0.39, 0.29) is 23.6 Å². The molecular weight excluding hydrogens is 366 g/mol. The molecule has 0 spiro atoms. The Hall–Kier alpha value is -3.72. The van der Waals surface area contributed by atoms with Crippen molar-refractivity contribution in [3.63, 3.8) is 0 Å². The molecule has 0 aliphatic carbocycles. The molecule has 28 heavy (non-hydrogen) atoms. The minimum absolute atomic E-state index is 0.0404. The summed E-state index contributed by atoms with van der Waals surface area (Å²) in [5.41, 5.74) is 5.69. The number of rotatable bonds is 6. The monoisotopic (exact) mass is 383 g/mol. The number of amides is 2. The molecule has 0 atom stereocenters. The van der Waals surface area contributed by atoms with E-state index in [0.29, 0.717) is 17.8 Å². The Morgan fingerprint density at radius 2 is 1.75 bits per heavy atom. The zero-order valence-electron chi connectivity index (χ0n) is 14.9. The fourth-order valence-electron chi connectivity index (χ4n) is 2.61. The molecule has 2 amide bonds. The Kier molecular flexibility index (Phi) is 5.66. The van der Waals surface area contributed by atoms with Crippen LogP contribution in [0.1, 0.15) is 33.4 Å². The first-order valence-corrected chi connectivity index (χ1v) is 8.44. The lowest BCUT2D eigenvalue weighted by Crippen LogP contribution is -2.41. The van der Waals surface area contributed by atoms with Crippen molar-refractivity contribution in [3.05, 3.63) is 75.5 Å². The molecule has 0 aliphatic rings. The van der Waals surface area contributed by atoms with Gasteiger partial charge in [-0.3, -0.25) is 30.6 Å². The number of nitrogens with one attached hydrogen (secondary N) is 2. The summed E-state index contributed by atoms with van der Waals surface area (Å²) in [7, 11) is 0. The van der Waals surface area contributed by atoms with E-state index in [0.717, 1.165) is 5.39 Å². The maximum Gasteiger partial charge on any atom is 0.305 e. The van der Waals surface area contributed by atoms with Crippen LogP contribution in [0.25, 0.3) is 11.0 Å². The van der Waals surface area contributed by atoms with Gasteiger partial charge < -0.3 is 9.15 Å². The Morgan fingerprint density at radius 3 is 2.43 bits per heavy atom. The largest absolute Gasteiger partial charge is 0.450 e. The van der Waals surface area contributed by atoms with Crippen LogP contribution in [0.4, 0.5) is 5.69 Å². The zero-order chi connectivity index (χ0) is 20.1. The van der Waals surface area contributed by atoms with E-state index in [4.69, 9.17) is 9.15 Å². The third-order valence-corrected chi connectivity index (χ3v) is 3.98. The van der Waals surface area contributed by atoms with Gasteiger partial charge in [0.15, 0.2) is 5.76 Å². The molecule has 1 heterocycles. The summed E-state index contributed by atoms with van der Waals surface area (Å²) in [4.78, 5) is 34.8. The third kappa shape index (κ3) is 3.99. The van der Waals surface area contributed by atoms with E-state index in [1.807, 2.05) is 19.1 Å². The first-order valence-electron chi connectivity index (χ1n) is 8.44. The van der Waals surface area contributed by atoms with Crippen molar-refractivity contribution in [2.75, 3.05) is 6.61 Å². The van der Waals surface area contributed by atoms with Crippen LogP contribution in [0.2, 0.25) is 0 Å². The van der Waals surface area contributed by atoms with E-state index in [1.165, 1.54) is 24.3 Å². The molecule has 0 saturated carbocycles. The number of carbonyl (C=O) groups excluding carboxylic acids is 2. The summed E-state index contributed by atoms with van der Waals surface area (Å²) < 4.78 is 11.0. The molecular formula is C19H17N3O6. The first-order chi connectivity index (χ1) is 13.5. The average Bonchev–Trinajstić information content (AvgIpc) is 3.09. The zero-order valence-corrected chi connectivity index (χ0v) is 14.9. The van der Waals surface area contributed by atoms with E-state index < -0.39 is 16.7 Å². The predicted octanol–water partition coefficient (Wildman–Crippen LogP) is 2.95. The molecule has 0 bridgehead atoms. The van der Waals surface area contributed by atoms with E-state index >= 15 is 0 Å². The number of nitro groups is 1. The average molecular weight is 383 g/mol. The van der Waals surface area contributed by atoms with Crippen LogP contribution in [0, 0.1) is 10.1 Å².